The number of para-hydroxylation sites is 1. The molecule has 0 saturated carbocycles. The maximum atomic E-state index is 10.9. The maximum Gasteiger partial charge on any atom is 0.346 e. The molecule has 0 fully saturated rings. The van der Waals surface area contributed by atoms with Crippen molar-refractivity contribution < 1.29 is 9.90 Å². The van der Waals surface area contributed by atoms with Gasteiger partial charge < -0.3 is 5.11 Å². The molecule has 0 saturated heterocycles. The second-order valence-electron chi connectivity index (χ2n) is 3.44. The van der Waals surface area contributed by atoms with Crippen molar-refractivity contribution in [3.05, 3.63) is 24.3 Å². The third-order valence-electron chi connectivity index (χ3n) is 2.22. The van der Waals surface area contributed by atoms with Crippen molar-refractivity contribution >= 4 is 17.0 Å². The molecule has 6 heteroatoms. The predicted molar refractivity (Wildman–Crippen MR) is 53.0 cm³/mol. The number of carbonyl (C=O) groups is 1. The summed E-state index contributed by atoms with van der Waals surface area (Å²) < 4.78 is 1.20. The van der Waals surface area contributed by atoms with E-state index in [1.165, 1.54) is 11.6 Å². The Kier molecular flexibility index (Phi) is 1.94. The Morgan fingerprint density at radius 3 is 2.87 bits per heavy atom. The molecule has 0 aliphatic carbocycles. The molecule has 0 bridgehead atoms. The van der Waals surface area contributed by atoms with E-state index < -0.39 is 11.6 Å². The van der Waals surface area contributed by atoms with Gasteiger partial charge in [-0.25, -0.2) is 9.48 Å². The van der Waals surface area contributed by atoms with Crippen molar-refractivity contribution in [2.24, 2.45) is 5.73 Å². The van der Waals surface area contributed by atoms with E-state index in [1.807, 2.05) is 0 Å². The van der Waals surface area contributed by atoms with Crippen molar-refractivity contribution in [2.45, 2.75) is 12.6 Å². The van der Waals surface area contributed by atoms with Crippen LogP contribution in [0.2, 0.25) is 0 Å². The lowest BCUT2D eigenvalue weighted by molar-refractivity contribution is -0.146. The summed E-state index contributed by atoms with van der Waals surface area (Å²) in [6.07, 6.45) is 0. The molecule has 0 aliphatic heterocycles. The number of benzene rings is 1. The van der Waals surface area contributed by atoms with E-state index in [0.717, 1.165) is 0 Å². The van der Waals surface area contributed by atoms with E-state index in [0.29, 0.717) is 11.0 Å². The van der Waals surface area contributed by atoms with Gasteiger partial charge in [0.15, 0.2) is 0 Å². The molecule has 2 aromatic rings. The molecule has 0 unspecified atom stereocenters. The Bertz CT molecular complexity index is 518. The molecular weight excluding hydrogens is 196 g/mol. The molecule has 3 N–H and O–H groups in total. The normalized spacial score (nSPS) is 15.1. The highest BCUT2D eigenvalue weighted by Crippen LogP contribution is 2.16. The molecule has 15 heavy (non-hydrogen) atoms. The lowest BCUT2D eigenvalue weighted by atomic mass is 10.2. The SMILES string of the molecule is C[C@](N)(C(=O)O)n1nnc2ccccc21. The number of aliphatic carboxylic acids is 1. The van der Waals surface area contributed by atoms with Gasteiger partial charge in [0, 0.05) is 0 Å². The molecular formula is C9H10N4O2. The zero-order valence-electron chi connectivity index (χ0n) is 8.08. The first-order valence-corrected chi connectivity index (χ1v) is 4.36. The minimum Gasteiger partial charge on any atom is -0.478 e. The molecule has 0 aliphatic rings. The summed E-state index contributed by atoms with van der Waals surface area (Å²) in [5.41, 5.74) is 5.29. The number of hydrogen-bond acceptors (Lipinski definition) is 4. The first-order chi connectivity index (χ1) is 7.03. The molecule has 2 rings (SSSR count). The molecule has 6 nitrogen and oxygen atoms in total. The Morgan fingerprint density at radius 1 is 1.53 bits per heavy atom. The standard InChI is InChI=1S/C9H10N4O2/c1-9(10,8(14)15)13-7-5-3-2-4-6(7)11-12-13/h2-5H,10H2,1H3,(H,14,15)/t9-/m1/s1. The van der Waals surface area contributed by atoms with Crippen LogP contribution in [0.5, 0.6) is 0 Å². The van der Waals surface area contributed by atoms with Gasteiger partial charge in [-0.1, -0.05) is 17.3 Å². The molecule has 0 radical (unpaired) electrons. The summed E-state index contributed by atoms with van der Waals surface area (Å²) in [4.78, 5) is 10.9. The zero-order valence-corrected chi connectivity index (χ0v) is 8.08. The Labute approximate surface area is 85.3 Å². The number of fused-ring (bicyclic) bond motifs is 1. The minimum atomic E-state index is -1.59. The quantitative estimate of drug-likeness (QED) is 0.729. The molecule has 78 valence electrons. The summed E-state index contributed by atoms with van der Waals surface area (Å²) >= 11 is 0. The largest absolute Gasteiger partial charge is 0.478 e. The van der Waals surface area contributed by atoms with E-state index in [2.05, 4.69) is 10.3 Å². The van der Waals surface area contributed by atoms with Gasteiger partial charge in [-0.2, -0.15) is 0 Å². The summed E-state index contributed by atoms with van der Waals surface area (Å²) in [6, 6.07) is 7.05. The van der Waals surface area contributed by atoms with Crippen LogP contribution in [0.15, 0.2) is 24.3 Å². The number of nitrogens with zero attached hydrogens (tertiary/aromatic N) is 3. The number of carboxylic acid groups (broad SMARTS) is 1. The summed E-state index contributed by atoms with van der Waals surface area (Å²) in [6.45, 7) is 1.37. The number of hydrogen-bond donors (Lipinski definition) is 2. The van der Waals surface area contributed by atoms with Crippen LogP contribution in [0.1, 0.15) is 6.92 Å². The van der Waals surface area contributed by atoms with Crippen LogP contribution in [0, 0.1) is 0 Å². The van der Waals surface area contributed by atoms with Crippen LogP contribution in [-0.4, -0.2) is 26.1 Å². The smallest absolute Gasteiger partial charge is 0.346 e. The van der Waals surface area contributed by atoms with Crippen molar-refractivity contribution in [3.8, 4) is 0 Å². The first-order valence-electron chi connectivity index (χ1n) is 4.36. The third kappa shape index (κ3) is 1.35. The summed E-state index contributed by atoms with van der Waals surface area (Å²) in [5, 5.41) is 16.5. The van der Waals surface area contributed by atoms with Gasteiger partial charge in [0.1, 0.15) is 5.52 Å². The highest BCUT2D eigenvalue weighted by molar-refractivity contribution is 5.80. The number of rotatable bonds is 2. The topological polar surface area (TPSA) is 94.0 Å². The fraction of sp³-hybridized carbons (Fsp3) is 0.222. The third-order valence-corrected chi connectivity index (χ3v) is 2.22. The molecule has 0 amide bonds. The first kappa shape index (κ1) is 9.60. The van der Waals surface area contributed by atoms with Crippen LogP contribution in [0.4, 0.5) is 0 Å². The van der Waals surface area contributed by atoms with Crippen molar-refractivity contribution in [1.82, 2.24) is 15.0 Å². The van der Waals surface area contributed by atoms with Gasteiger partial charge in [0.05, 0.1) is 5.52 Å². The van der Waals surface area contributed by atoms with E-state index in [1.54, 1.807) is 24.3 Å². The van der Waals surface area contributed by atoms with Gasteiger partial charge >= 0.3 is 5.97 Å². The second kappa shape index (κ2) is 3.03. The van der Waals surface area contributed by atoms with Gasteiger partial charge in [-0.3, -0.25) is 5.73 Å². The fourth-order valence-corrected chi connectivity index (χ4v) is 1.30. The monoisotopic (exact) mass is 206 g/mol. The fourth-order valence-electron chi connectivity index (χ4n) is 1.30. The number of carboxylic acids is 1. The van der Waals surface area contributed by atoms with Crippen LogP contribution in [-0.2, 0) is 10.5 Å². The summed E-state index contributed by atoms with van der Waals surface area (Å²) in [7, 11) is 0. The lowest BCUT2D eigenvalue weighted by Crippen LogP contribution is -2.48. The average molecular weight is 206 g/mol. The highest BCUT2D eigenvalue weighted by Gasteiger charge is 2.32. The second-order valence-corrected chi connectivity index (χ2v) is 3.44. The van der Waals surface area contributed by atoms with Crippen molar-refractivity contribution in [2.75, 3.05) is 0 Å². The van der Waals surface area contributed by atoms with E-state index in [9.17, 15) is 4.79 Å². The van der Waals surface area contributed by atoms with Crippen LogP contribution >= 0.6 is 0 Å². The van der Waals surface area contributed by atoms with Crippen LogP contribution < -0.4 is 5.73 Å². The van der Waals surface area contributed by atoms with Gasteiger partial charge in [-0.15, -0.1) is 5.10 Å². The van der Waals surface area contributed by atoms with E-state index >= 15 is 0 Å². The Balaban J connectivity index is 2.67. The van der Waals surface area contributed by atoms with Crippen molar-refractivity contribution in [1.29, 1.82) is 0 Å². The zero-order chi connectivity index (χ0) is 11.1. The molecule has 1 aromatic heterocycles. The molecule has 1 atom stereocenters. The Morgan fingerprint density at radius 2 is 2.20 bits per heavy atom. The predicted octanol–water partition coefficient (Wildman–Crippen LogP) is 0.147. The molecule has 0 spiro atoms. The number of nitrogens with two attached hydrogens (primary N) is 1. The van der Waals surface area contributed by atoms with Crippen LogP contribution in [0.25, 0.3) is 11.0 Å². The van der Waals surface area contributed by atoms with E-state index in [4.69, 9.17) is 10.8 Å². The van der Waals surface area contributed by atoms with E-state index in [-0.39, 0.29) is 0 Å². The highest BCUT2D eigenvalue weighted by atomic mass is 16.4. The molecule has 1 aromatic carbocycles. The van der Waals surface area contributed by atoms with Crippen molar-refractivity contribution in [3.63, 3.8) is 0 Å². The Hall–Kier alpha value is -1.95. The minimum absolute atomic E-state index is 0.602. The maximum absolute atomic E-state index is 10.9. The molecule has 1 heterocycles. The number of aromatic nitrogens is 3. The summed E-state index contributed by atoms with van der Waals surface area (Å²) in [5.74, 6) is -1.15. The van der Waals surface area contributed by atoms with Gasteiger partial charge in [0.2, 0.25) is 5.66 Å². The lowest BCUT2D eigenvalue weighted by Gasteiger charge is -2.19. The average Bonchev–Trinajstić information content (AvgIpc) is 2.61. The van der Waals surface area contributed by atoms with Crippen LogP contribution in [0.3, 0.4) is 0 Å². The van der Waals surface area contributed by atoms with Gasteiger partial charge in [-0.05, 0) is 19.1 Å². The van der Waals surface area contributed by atoms with Gasteiger partial charge in [0.25, 0.3) is 0 Å².